The van der Waals surface area contributed by atoms with Gasteiger partial charge < -0.3 is 38.8 Å². The van der Waals surface area contributed by atoms with Crippen molar-refractivity contribution in [3.8, 4) is 28.8 Å². The third kappa shape index (κ3) is 27.8. The van der Waals surface area contributed by atoms with Gasteiger partial charge in [0, 0.05) is 76.4 Å². The van der Waals surface area contributed by atoms with Gasteiger partial charge in [0.2, 0.25) is 54.2 Å². The summed E-state index contributed by atoms with van der Waals surface area (Å²) < 4.78 is 74.9. The number of ketones is 2. The van der Waals surface area contributed by atoms with Gasteiger partial charge in [0.25, 0.3) is 0 Å². The monoisotopic (exact) mass is 1810 g/mol. The number of aromatic nitrogens is 9. The first-order chi connectivity index (χ1) is 55.0. The molecule has 4 amide bonds. The van der Waals surface area contributed by atoms with Crippen LogP contribution in [0.3, 0.4) is 0 Å². The SMILES string of the molecule is C1CCOC1.C=CC1C[C@]1(CC(=O)[C@@H]1C[C@@H](O)CN1C(=O)[C@@H](CC(=O)OC)C(C)(C)C)C(=O)NS(=O)(=O)C1CC1.C=CC1C[C@]1(CC(=O)[C@@H]1C[C@@H](Oc2nccc(-c3ccccn3)n2)CN1C(=O)[C@@H](CC(=O)OC)C(C)(C)C)C(=O)NS(=O)(=O)C1CC1.Clc1ccnc(Cl)n1.Clc1nccc(-c2ccccn2)n1.[Zn+][Br].[c-]1ccccn1. The summed E-state index contributed by atoms with van der Waals surface area (Å²) >= 11 is 20.6. The molecule has 4 saturated carbocycles. The maximum absolute atomic E-state index is 14.2. The number of allylic oxidation sites excluding steroid dienone is 2. The number of aliphatic hydroxyl groups excluding tert-OH is 1. The third-order valence-corrected chi connectivity index (χ3v) is 24.4. The minimum atomic E-state index is -3.84. The van der Waals surface area contributed by atoms with Gasteiger partial charge in [0.05, 0.1) is 108 Å². The van der Waals surface area contributed by atoms with Crippen LogP contribution in [0.25, 0.3) is 22.8 Å². The number of Topliss-reactive ketones (excluding diaryl/α,β-unsaturated/α-hetero) is 2. The van der Waals surface area contributed by atoms with E-state index in [1.807, 2.05) is 57.2 Å². The van der Waals surface area contributed by atoms with Crippen molar-refractivity contribution in [3.05, 3.63) is 157 Å². The molecule has 116 heavy (non-hydrogen) atoms. The van der Waals surface area contributed by atoms with Crippen LogP contribution in [0, 0.1) is 51.5 Å². The molecule has 3 N–H and O–H groups in total. The van der Waals surface area contributed by atoms with Crippen LogP contribution in [0.4, 0.5) is 0 Å². The Morgan fingerprint density at radius 3 is 1.41 bits per heavy atom. The number of halogens is 4. The molecule has 3 aliphatic heterocycles. The fourth-order valence-electron chi connectivity index (χ4n) is 13.1. The molecule has 9 heterocycles. The van der Waals surface area contributed by atoms with E-state index in [2.05, 4.69) is 87.3 Å². The van der Waals surface area contributed by atoms with Gasteiger partial charge in [-0.3, -0.25) is 57.8 Å². The zero-order valence-corrected chi connectivity index (χ0v) is 74.4. The first kappa shape index (κ1) is 95.1. The first-order valence-corrected chi connectivity index (χ1v) is 48.6. The van der Waals surface area contributed by atoms with Gasteiger partial charge in [-0.15, -0.1) is 13.2 Å². The second-order valence-corrected chi connectivity index (χ2v) is 35.6. The number of hydrogen-bond donors (Lipinski definition) is 3. The standard InChI is InChI=1S/C33H41N5O8S.C24H36N2O8S.C9H6ClN3.C5H4N.C4H2Cl2N2.C4H8O.BrH.Zn/c1-6-20-17-33(20,30(42)37-47(43,44)22-10-11-22)18-27(39)26-15-21(19-38(26)29(41)23(32(2,3)4)16-28(40)45-5)46-31-35-14-12-25(36-31)24-9-7-8-13-34-24;1-6-14-11-24(14,22(31)25-35(32,33)16-7-8-16)12-19(28)18-9-15(27)13-26(18)21(30)17(23(2,3)4)10-20(29)34-5;10-9-12-6-4-8(13-9)7-3-1-2-5-11-7;1-2-4-6-5-3-1;5-3-1-2-7-4(6)8-3;1-2-4-5-3-1;;/h6-9,12-14,20-23,26H,1,10-11,15-19H2,2-5H3,(H,37,42);6,14-18,27H,1,7-13H2,2-5H3,(H,25,31);1-6H;1-4H;1-2H;1-4H2;1H;/q;;;-1;;;;+2/p-1/t20?,21-,23-,26+,33-;14?,15-,17-,18+,24-;;;;;;/m11....../s1. The van der Waals surface area contributed by atoms with Gasteiger partial charge >= 0.3 is 47.9 Å². The summed E-state index contributed by atoms with van der Waals surface area (Å²) in [4.78, 5) is 145. The average molecular weight is 1820 g/mol. The Hall–Kier alpha value is -8.08. The molecular formula is C79H97BrCl3N13O17S2Zn. The Morgan fingerprint density at radius 1 is 0.612 bits per heavy atom. The number of nitrogens with one attached hydrogen (secondary N) is 2. The number of rotatable bonds is 24. The van der Waals surface area contributed by atoms with Crippen molar-refractivity contribution in [3.63, 3.8) is 0 Å². The number of carbonyl (C=O) groups is 8. The molecule has 6 aromatic heterocycles. The molecule has 30 nitrogen and oxygen atoms in total. The van der Waals surface area contributed by atoms with E-state index in [4.69, 9.17) is 53.8 Å². The van der Waals surface area contributed by atoms with Crippen molar-refractivity contribution in [2.24, 2.45) is 45.3 Å². The summed E-state index contributed by atoms with van der Waals surface area (Å²) in [5.41, 5.74) is -1.13. The van der Waals surface area contributed by atoms with Gasteiger partial charge in [-0.25, -0.2) is 41.8 Å². The summed E-state index contributed by atoms with van der Waals surface area (Å²) in [6, 6.07) is 19.6. The number of nitrogens with zero attached hydrogens (tertiary/aromatic N) is 11. The van der Waals surface area contributed by atoms with Crippen LogP contribution in [-0.4, -0.2) is 199 Å². The van der Waals surface area contributed by atoms with Gasteiger partial charge in [-0.05, 0) is 140 Å². The number of β-amino-alcohol motifs (C(OH)–C–C–N with tert-alkyl or cyclic N) is 1. The number of amides is 4. The van der Waals surface area contributed by atoms with E-state index in [1.165, 1.54) is 71.7 Å². The number of carbonyl (C=O) groups excluding carboxylic acids is 8. The van der Waals surface area contributed by atoms with Gasteiger partial charge in [-0.1, -0.05) is 89.8 Å². The molecule has 4 aliphatic carbocycles. The number of pyridine rings is 3. The molecule has 6 aromatic rings. The predicted octanol–water partition coefficient (Wildman–Crippen LogP) is 10.3. The molecule has 0 bridgehead atoms. The smallest absolute Gasteiger partial charge is 0.0813 e. The maximum atomic E-state index is 14.2. The number of hydrogen-bond acceptors (Lipinski definition) is 26. The molecular weight excluding hydrogens is 1720 g/mol. The van der Waals surface area contributed by atoms with E-state index in [1.54, 1.807) is 88.0 Å². The number of sulfonamides is 2. The van der Waals surface area contributed by atoms with Crippen LogP contribution in [0.15, 0.2) is 135 Å². The van der Waals surface area contributed by atoms with Crippen LogP contribution >= 0.6 is 48.4 Å². The van der Waals surface area contributed by atoms with Crippen molar-refractivity contribution < 1.29 is 95.6 Å². The number of ether oxygens (including phenoxy) is 4. The molecule has 13 rings (SSSR count). The molecule has 2 unspecified atom stereocenters. The average Bonchev–Trinajstić information content (AvgIpc) is 1.58. The molecule has 0 aromatic carbocycles. The number of likely N-dealkylation sites (tertiary alicyclic amines) is 2. The summed E-state index contributed by atoms with van der Waals surface area (Å²) in [5, 5.41) is 9.90. The normalized spacial score (nSPS) is 22.1. The van der Waals surface area contributed by atoms with E-state index in [0.717, 1.165) is 24.6 Å². The largest absolute Gasteiger partial charge is 0.394 e. The summed E-state index contributed by atoms with van der Waals surface area (Å²) in [5.74, 6) is -6.65. The Labute approximate surface area is 708 Å². The van der Waals surface area contributed by atoms with E-state index in [0.29, 0.717) is 42.2 Å². The van der Waals surface area contributed by atoms with E-state index >= 15 is 0 Å². The maximum Gasteiger partial charge on any atom is -0.0813 e. The molecule has 0 spiro atoms. The number of methoxy groups -OCH3 is 2. The second-order valence-electron chi connectivity index (χ2n) is 30.6. The fraction of sp³-hybridized carbons (Fsp3) is 0.506. The molecule has 3 saturated heterocycles. The summed E-state index contributed by atoms with van der Waals surface area (Å²) in [6.45, 7) is 20.3. The van der Waals surface area contributed by atoms with Crippen LogP contribution < -0.4 is 14.2 Å². The topological polar surface area (TPSA) is 409 Å². The van der Waals surface area contributed by atoms with Crippen LogP contribution in [-0.2, 0) is 89.0 Å². The molecule has 37 heteroatoms. The summed E-state index contributed by atoms with van der Waals surface area (Å²) in [6.07, 6.45) is 18.0. The number of esters is 2. The van der Waals surface area contributed by atoms with Gasteiger partial charge in [-0.2, -0.15) is 23.2 Å². The van der Waals surface area contributed by atoms with Crippen molar-refractivity contribution in [1.29, 1.82) is 0 Å². The van der Waals surface area contributed by atoms with E-state index in [9.17, 15) is 60.3 Å². The Bertz CT molecular complexity index is 4550. The minimum absolute atomic E-state index is 0.000307. The van der Waals surface area contributed by atoms with Crippen LogP contribution in [0.5, 0.6) is 6.01 Å². The quantitative estimate of drug-likeness (QED) is 0.0127. The Morgan fingerprint density at radius 2 is 1.06 bits per heavy atom. The van der Waals surface area contributed by atoms with E-state index in [-0.39, 0.29) is 87.0 Å². The summed E-state index contributed by atoms with van der Waals surface area (Å²) in [7, 11) is -5.14. The van der Waals surface area contributed by atoms with Crippen molar-refractivity contribution in [2.75, 3.05) is 40.5 Å². The minimum Gasteiger partial charge on any atom is -0.394 e. The zero-order chi connectivity index (χ0) is 85.3. The van der Waals surface area contributed by atoms with Crippen molar-refractivity contribution in [1.82, 2.24) is 64.1 Å². The molecule has 0 radical (unpaired) electrons. The van der Waals surface area contributed by atoms with E-state index < -0.39 is 141 Å². The first-order valence-electron chi connectivity index (χ1n) is 37.4. The Balaban J connectivity index is 0.000000231. The van der Waals surface area contributed by atoms with Gasteiger partial charge in [0.15, 0.2) is 11.6 Å². The Kier molecular flexibility index (Phi) is 35.7. The van der Waals surface area contributed by atoms with Crippen LogP contribution in [0.2, 0.25) is 15.7 Å². The van der Waals surface area contributed by atoms with Crippen molar-refractivity contribution in [2.45, 2.75) is 166 Å². The van der Waals surface area contributed by atoms with Crippen LogP contribution in [0.1, 0.15) is 131 Å². The number of aliphatic hydroxyl groups is 1. The van der Waals surface area contributed by atoms with Gasteiger partial charge in [0.1, 0.15) is 11.3 Å². The molecule has 7 fully saturated rings. The molecule has 10 atom stereocenters. The second kappa shape index (κ2) is 43.6. The third-order valence-electron chi connectivity index (χ3n) is 20.2. The zero-order valence-electron chi connectivity index (χ0n) is 65.9. The molecule has 622 valence electrons. The fourth-order valence-corrected chi connectivity index (χ4v) is 16.4. The van der Waals surface area contributed by atoms with Crippen molar-refractivity contribution >= 4 is 116 Å². The molecule has 7 aliphatic rings. The predicted molar refractivity (Wildman–Crippen MR) is 430 cm³/mol.